The second kappa shape index (κ2) is 10.2. The lowest BCUT2D eigenvalue weighted by molar-refractivity contribution is 0.0949. The van der Waals surface area contributed by atoms with Crippen molar-refractivity contribution in [2.75, 3.05) is 13.7 Å². The monoisotopic (exact) mass is 443 g/mol. The van der Waals surface area contributed by atoms with Gasteiger partial charge in [-0.05, 0) is 56.2 Å². The van der Waals surface area contributed by atoms with E-state index in [1.807, 2.05) is 74.5 Å². The van der Waals surface area contributed by atoms with E-state index in [0.29, 0.717) is 18.7 Å². The fraction of sp³-hybridized carbons (Fsp3) is 0.259. The van der Waals surface area contributed by atoms with Gasteiger partial charge in [-0.25, -0.2) is 4.98 Å². The van der Waals surface area contributed by atoms with E-state index in [4.69, 9.17) is 14.5 Å². The number of benzene rings is 3. The topological polar surface area (TPSA) is 65.4 Å². The number of nitrogens with one attached hydrogen (secondary N) is 1. The molecule has 6 heteroatoms. The minimum absolute atomic E-state index is 0.0920. The highest BCUT2D eigenvalue weighted by Gasteiger charge is 2.14. The van der Waals surface area contributed by atoms with Gasteiger partial charge in [-0.3, -0.25) is 4.79 Å². The minimum Gasteiger partial charge on any atom is -0.493 e. The summed E-state index contributed by atoms with van der Waals surface area (Å²) < 4.78 is 13.4. The van der Waals surface area contributed by atoms with Gasteiger partial charge in [-0.1, -0.05) is 42.0 Å². The van der Waals surface area contributed by atoms with E-state index in [2.05, 4.69) is 16.0 Å². The van der Waals surface area contributed by atoms with Gasteiger partial charge in [0.1, 0.15) is 5.82 Å². The lowest BCUT2D eigenvalue weighted by Gasteiger charge is -2.13. The third-order valence-electron chi connectivity index (χ3n) is 5.62. The number of imidazole rings is 1. The number of methoxy groups -OCH3 is 1. The SMILES string of the molecule is COc1ccccc1OCCCn1c(CNC(=O)c2ccc(C)cc2C)nc2ccccc21. The van der Waals surface area contributed by atoms with Crippen LogP contribution in [-0.4, -0.2) is 29.2 Å². The zero-order chi connectivity index (χ0) is 23.2. The van der Waals surface area contributed by atoms with Gasteiger partial charge in [-0.15, -0.1) is 0 Å². The maximum atomic E-state index is 12.8. The summed E-state index contributed by atoms with van der Waals surface area (Å²) in [6.07, 6.45) is 0.788. The molecule has 0 spiro atoms. The summed E-state index contributed by atoms with van der Waals surface area (Å²) in [4.78, 5) is 17.5. The zero-order valence-corrected chi connectivity index (χ0v) is 19.3. The molecule has 0 unspecified atom stereocenters. The molecule has 0 bridgehead atoms. The highest BCUT2D eigenvalue weighted by Crippen LogP contribution is 2.26. The predicted molar refractivity (Wildman–Crippen MR) is 130 cm³/mol. The first-order valence-electron chi connectivity index (χ1n) is 11.1. The van der Waals surface area contributed by atoms with E-state index in [-0.39, 0.29) is 5.91 Å². The molecule has 3 aromatic carbocycles. The summed E-state index contributed by atoms with van der Waals surface area (Å²) in [6, 6.07) is 21.5. The lowest BCUT2D eigenvalue weighted by Crippen LogP contribution is -2.25. The Balaban J connectivity index is 1.44. The molecule has 6 nitrogen and oxygen atoms in total. The summed E-state index contributed by atoms with van der Waals surface area (Å²) in [6.45, 7) is 5.60. The molecule has 0 radical (unpaired) electrons. The maximum absolute atomic E-state index is 12.8. The number of hydrogen-bond acceptors (Lipinski definition) is 4. The van der Waals surface area contributed by atoms with Crippen molar-refractivity contribution in [1.29, 1.82) is 0 Å². The third-order valence-corrected chi connectivity index (χ3v) is 5.62. The van der Waals surface area contributed by atoms with Crippen LogP contribution in [0, 0.1) is 13.8 Å². The molecular formula is C27H29N3O3. The molecule has 1 amide bonds. The summed E-state index contributed by atoms with van der Waals surface area (Å²) in [5.41, 5.74) is 4.76. The van der Waals surface area contributed by atoms with Crippen LogP contribution in [0.25, 0.3) is 11.0 Å². The van der Waals surface area contributed by atoms with Crippen LogP contribution in [0.15, 0.2) is 66.7 Å². The smallest absolute Gasteiger partial charge is 0.251 e. The van der Waals surface area contributed by atoms with Crippen LogP contribution < -0.4 is 14.8 Å². The predicted octanol–water partition coefficient (Wildman–Crippen LogP) is 5.06. The molecule has 1 heterocycles. The van der Waals surface area contributed by atoms with Crippen molar-refractivity contribution in [3.8, 4) is 11.5 Å². The second-order valence-corrected chi connectivity index (χ2v) is 8.02. The number of amides is 1. The van der Waals surface area contributed by atoms with Crippen LogP contribution in [0.1, 0.15) is 33.7 Å². The summed E-state index contributed by atoms with van der Waals surface area (Å²) >= 11 is 0. The molecule has 1 N–H and O–H groups in total. The van der Waals surface area contributed by atoms with E-state index in [1.165, 1.54) is 0 Å². The molecule has 170 valence electrons. The number of ether oxygens (including phenoxy) is 2. The second-order valence-electron chi connectivity index (χ2n) is 8.02. The molecule has 0 saturated carbocycles. The Morgan fingerprint density at radius 2 is 1.76 bits per heavy atom. The fourth-order valence-corrected chi connectivity index (χ4v) is 3.98. The highest BCUT2D eigenvalue weighted by atomic mass is 16.5. The van der Waals surface area contributed by atoms with Gasteiger partial charge in [0.05, 0.1) is 31.3 Å². The number of para-hydroxylation sites is 4. The van der Waals surface area contributed by atoms with Crippen molar-refractivity contribution in [2.45, 2.75) is 33.4 Å². The standard InChI is InChI=1S/C27H29N3O3/c1-19-13-14-21(20(2)17-19)27(31)28-18-26-29-22-9-4-5-10-23(22)30(26)15-8-16-33-25-12-7-6-11-24(25)32-3/h4-7,9-14,17H,8,15-16,18H2,1-3H3,(H,28,31). The molecule has 1 aromatic heterocycles. The number of nitrogens with zero attached hydrogens (tertiary/aromatic N) is 2. The maximum Gasteiger partial charge on any atom is 0.251 e. The summed E-state index contributed by atoms with van der Waals surface area (Å²) in [5.74, 6) is 2.19. The largest absolute Gasteiger partial charge is 0.493 e. The first-order valence-corrected chi connectivity index (χ1v) is 11.1. The first-order chi connectivity index (χ1) is 16.1. The summed E-state index contributed by atoms with van der Waals surface area (Å²) in [7, 11) is 1.64. The molecule has 0 fully saturated rings. The zero-order valence-electron chi connectivity index (χ0n) is 19.3. The number of aromatic nitrogens is 2. The molecule has 0 aliphatic rings. The van der Waals surface area contributed by atoms with Gasteiger partial charge in [-0.2, -0.15) is 0 Å². The minimum atomic E-state index is -0.0920. The van der Waals surface area contributed by atoms with Crippen molar-refractivity contribution >= 4 is 16.9 Å². The van der Waals surface area contributed by atoms with Crippen molar-refractivity contribution < 1.29 is 14.3 Å². The fourth-order valence-electron chi connectivity index (χ4n) is 3.98. The van der Waals surface area contributed by atoms with Gasteiger partial charge < -0.3 is 19.4 Å². The average molecular weight is 444 g/mol. The Kier molecular flexibility index (Phi) is 6.93. The number of hydrogen-bond donors (Lipinski definition) is 1. The Bertz CT molecular complexity index is 1260. The van der Waals surface area contributed by atoms with Gasteiger partial charge in [0.2, 0.25) is 0 Å². The van der Waals surface area contributed by atoms with Crippen LogP contribution in [0.4, 0.5) is 0 Å². The molecule has 4 rings (SSSR count). The van der Waals surface area contributed by atoms with E-state index < -0.39 is 0 Å². The van der Waals surface area contributed by atoms with Crippen LogP contribution in [0.3, 0.4) is 0 Å². The molecule has 0 aliphatic carbocycles. The van der Waals surface area contributed by atoms with Crippen molar-refractivity contribution in [2.24, 2.45) is 0 Å². The Hall–Kier alpha value is -3.80. The number of aryl methyl sites for hydroxylation is 3. The van der Waals surface area contributed by atoms with Gasteiger partial charge in [0, 0.05) is 12.1 Å². The molecular weight excluding hydrogens is 414 g/mol. The van der Waals surface area contributed by atoms with E-state index >= 15 is 0 Å². The molecule has 33 heavy (non-hydrogen) atoms. The number of carbonyl (C=O) groups is 1. The third kappa shape index (κ3) is 5.17. The molecule has 0 atom stereocenters. The van der Waals surface area contributed by atoms with Gasteiger partial charge in [0.25, 0.3) is 5.91 Å². The molecule has 4 aromatic rings. The normalized spacial score (nSPS) is 10.9. The van der Waals surface area contributed by atoms with E-state index in [9.17, 15) is 4.79 Å². The van der Waals surface area contributed by atoms with Crippen molar-refractivity contribution in [3.05, 3.63) is 89.2 Å². The number of fused-ring (bicyclic) bond motifs is 1. The van der Waals surface area contributed by atoms with Crippen LogP contribution in [-0.2, 0) is 13.1 Å². The molecule has 0 saturated heterocycles. The quantitative estimate of drug-likeness (QED) is 0.367. The van der Waals surface area contributed by atoms with E-state index in [1.54, 1.807) is 7.11 Å². The summed E-state index contributed by atoms with van der Waals surface area (Å²) in [5, 5.41) is 3.04. The van der Waals surface area contributed by atoms with E-state index in [0.717, 1.165) is 52.4 Å². The Labute approximate surface area is 194 Å². The van der Waals surface area contributed by atoms with Gasteiger partial charge in [0.15, 0.2) is 11.5 Å². The van der Waals surface area contributed by atoms with Crippen LogP contribution >= 0.6 is 0 Å². The average Bonchev–Trinajstić information content (AvgIpc) is 3.18. The van der Waals surface area contributed by atoms with Crippen molar-refractivity contribution in [1.82, 2.24) is 14.9 Å². The first kappa shape index (κ1) is 22.4. The lowest BCUT2D eigenvalue weighted by atomic mass is 10.1. The van der Waals surface area contributed by atoms with Crippen molar-refractivity contribution in [3.63, 3.8) is 0 Å². The number of rotatable bonds is 9. The van der Waals surface area contributed by atoms with Crippen LogP contribution in [0.5, 0.6) is 11.5 Å². The Morgan fingerprint density at radius 1 is 1.00 bits per heavy atom. The van der Waals surface area contributed by atoms with Gasteiger partial charge >= 0.3 is 0 Å². The highest BCUT2D eigenvalue weighted by molar-refractivity contribution is 5.95. The van der Waals surface area contributed by atoms with Crippen LogP contribution in [0.2, 0.25) is 0 Å². The Morgan fingerprint density at radius 3 is 2.55 bits per heavy atom. The molecule has 0 aliphatic heterocycles. The number of carbonyl (C=O) groups excluding carboxylic acids is 1.